The van der Waals surface area contributed by atoms with Crippen LogP contribution >= 0.6 is 0 Å². The van der Waals surface area contributed by atoms with Crippen molar-refractivity contribution in [2.75, 3.05) is 27.2 Å². The summed E-state index contributed by atoms with van der Waals surface area (Å²) in [5.74, 6) is -0.690. The van der Waals surface area contributed by atoms with Crippen molar-refractivity contribution in [1.29, 1.82) is 0 Å². The van der Waals surface area contributed by atoms with E-state index in [2.05, 4.69) is 45.6 Å². The number of carbonyl (C=O) groups is 2. The summed E-state index contributed by atoms with van der Waals surface area (Å²) in [5, 5.41) is 4.48. The molecule has 0 saturated carbocycles. The zero-order chi connectivity index (χ0) is 24.1. The molecule has 1 atom stereocenters. The fraction of sp³-hybridized carbons (Fsp3) is 0.286. The number of aromatic nitrogens is 2. The molecule has 6 rings (SSSR count). The van der Waals surface area contributed by atoms with Crippen LogP contribution in [0.2, 0.25) is 0 Å². The van der Waals surface area contributed by atoms with Gasteiger partial charge in [-0.3, -0.25) is 14.9 Å². The second kappa shape index (κ2) is 8.52. The fourth-order valence-corrected chi connectivity index (χ4v) is 5.47. The van der Waals surface area contributed by atoms with E-state index in [1.165, 1.54) is 0 Å². The monoisotopic (exact) mass is 470 g/mol. The van der Waals surface area contributed by atoms with E-state index in [0.717, 1.165) is 52.4 Å². The summed E-state index contributed by atoms with van der Waals surface area (Å²) in [6.45, 7) is 2.81. The molecule has 7 nitrogen and oxygen atoms in total. The maximum absolute atomic E-state index is 13.2. The Kier molecular flexibility index (Phi) is 5.31. The molecule has 0 fully saturated rings. The molecule has 0 saturated heterocycles. The van der Waals surface area contributed by atoms with Crippen molar-refractivity contribution in [2.24, 2.45) is 0 Å². The molecule has 0 unspecified atom stereocenters. The number of benzene rings is 2. The van der Waals surface area contributed by atoms with Crippen molar-refractivity contribution in [1.82, 2.24) is 19.4 Å². The summed E-state index contributed by atoms with van der Waals surface area (Å²) in [4.78, 5) is 28.5. The van der Waals surface area contributed by atoms with Gasteiger partial charge in [-0.2, -0.15) is 0 Å². The van der Waals surface area contributed by atoms with Gasteiger partial charge in [0, 0.05) is 66.4 Å². The summed E-state index contributed by atoms with van der Waals surface area (Å²) < 4.78 is 10.7. The molecule has 0 radical (unpaired) electrons. The van der Waals surface area contributed by atoms with Gasteiger partial charge in [0.25, 0.3) is 11.8 Å². The van der Waals surface area contributed by atoms with Gasteiger partial charge in [-0.05, 0) is 32.6 Å². The molecule has 2 aromatic heterocycles. The summed E-state index contributed by atoms with van der Waals surface area (Å²) in [6.07, 6.45) is 4.93. The van der Waals surface area contributed by atoms with Crippen molar-refractivity contribution >= 4 is 44.8 Å². The maximum atomic E-state index is 13.2. The van der Waals surface area contributed by atoms with Crippen LogP contribution in [-0.2, 0) is 27.4 Å². The molecule has 180 valence electrons. The van der Waals surface area contributed by atoms with Crippen molar-refractivity contribution in [3.8, 4) is 0 Å². The zero-order valence-electron chi connectivity index (χ0n) is 20.0. The first-order valence-electron chi connectivity index (χ1n) is 12.0. The predicted molar refractivity (Wildman–Crippen MR) is 139 cm³/mol. The number of amides is 2. The summed E-state index contributed by atoms with van der Waals surface area (Å²) in [7, 11) is 4.13. The zero-order valence-corrected chi connectivity index (χ0v) is 20.0. The lowest BCUT2D eigenvalue weighted by molar-refractivity contribution is -0.122. The van der Waals surface area contributed by atoms with Crippen LogP contribution < -0.4 is 5.32 Å². The van der Waals surface area contributed by atoms with Crippen LogP contribution in [-0.4, -0.2) is 59.2 Å². The number of likely N-dealkylation sites (N-methyl/N-ethyl adjacent to an activating group) is 1. The van der Waals surface area contributed by atoms with Gasteiger partial charge in [0.05, 0.1) is 23.9 Å². The number of fused-ring (bicyclic) bond motifs is 12. The molecule has 4 bridgehead atoms. The first kappa shape index (κ1) is 21.8. The van der Waals surface area contributed by atoms with Gasteiger partial charge < -0.3 is 18.8 Å². The molecule has 1 N–H and O–H groups in total. The molecule has 0 spiro atoms. The van der Waals surface area contributed by atoms with Gasteiger partial charge in [0.15, 0.2) is 0 Å². The van der Waals surface area contributed by atoms with Gasteiger partial charge in [-0.25, -0.2) is 0 Å². The van der Waals surface area contributed by atoms with Crippen LogP contribution in [0.5, 0.6) is 0 Å². The molecule has 2 aromatic carbocycles. The lowest BCUT2D eigenvalue weighted by Gasteiger charge is -2.22. The molecule has 0 aliphatic carbocycles. The number of rotatable bonds is 2. The van der Waals surface area contributed by atoms with E-state index in [-0.39, 0.29) is 19.3 Å². The third kappa shape index (κ3) is 3.68. The standard InChI is InChI=1S/C28H28N4O3.H2/c1-30(2)15-18-11-12-31-16-21(19-7-3-5-9-23(19)31)25-26(28(34)29-27(25)33)22-17-32(13-14-35-18)24-10-6-4-8-20(22)24;/h3-10,16-18H,11-15H2,1-2H3,(H,29,33,34);1H/t18-;/m0./s1. The van der Waals surface area contributed by atoms with Gasteiger partial charge in [0.2, 0.25) is 0 Å². The predicted octanol–water partition coefficient (Wildman–Crippen LogP) is 3.76. The largest absolute Gasteiger partial charge is 0.375 e. The van der Waals surface area contributed by atoms with Crippen LogP contribution in [0, 0.1) is 0 Å². The van der Waals surface area contributed by atoms with E-state index in [0.29, 0.717) is 24.3 Å². The van der Waals surface area contributed by atoms with E-state index >= 15 is 0 Å². The van der Waals surface area contributed by atoms with Crippen molar-refractivity contribution in [3.05, 3.63) is 72.1 Å². The Morgan fingerprint density at radius 1 is 0.886 bits per heavy atom. The highest BCUT2D eigenvalue weighted by atomic mass is 16.5. The number of imide groups is 1. The molecule has 2 aliphatic rings. The van der Waals surface area contributed by atoms with Crippen molar-refractivity contribution in [2.45, 2.75) is 25.6 Å². The highest BCUT2D eigenvalue weighted by molar-refractivity contribution is 6.50. The molecule has 4 aromatic rings. The summed E-state index contributed by atoms with van der Waals surface area (Å²) in [6, 6.07) is 16.1. The van der Waals surface area contributed by atoms with E-state index in [4.69, 9.17) is 4.74 Å². The topological polar surface area (TPSA) is 68.5 Å². The van der Waals surface area contributed by atoms with Crippen molar-refractivity contribution < 1.29 is 15.8 Å². The minimum atomic E-state index is -0.348. The number of nitrogens with zero attached hydrogens (tertiary/aromatic N) is 3. The van der Waals surface area contributed by atoms with E-state index < -0.39 is 0 Å². The van der Waals surface area contributed by atoms with Gasteiger partial charge in [0.1, 0.15) is 0 Å². The molecule has 7 heteroatoms. The Morgan fingerprint density at radius 2 is 1.43 bits per heavy atom. The maximum Gasteiger partial charge on any atom is 0.259 e. The third-order valence-electron chi connectivity index (χ3n) is 6.99. The molecule has 2 aliphatic heterocycles. The van der Waals surface area contributed by atoms with E-state index in [1.54, 1.807) is 0 Å². The van der Waals surface area contributed by atoms with Gasteiger partial charge in [-0.1, -0.05) is 36.4 Å². The second-order valence-corrected chi connectivity index (χ2v) is 9.58. The average molecular weight is 471 g/mol. The molecular weight excluding hydrogens is 440 g/mol. The van der Waals surface area contributed by atoms with Crippen LogP contribution in [0.25, 0.3) is 33.0 Å². The minimum Gasteiger partial charge on any atom is -0.375 e. The fourth-order valence-electron chi connectivity index (χ4n) is 5.47. The van der Waals surface area contributed by atoms with E-state index in [9.17, 15) is 9.59 Å². The van der Waals surface area contributed by atoms with Crippen LogP contribution in [0.15, 0.2) is 60.9 Å². The van der Waals surface area contributed by atoms with Crippen molar-refractivity contribution in [3.63, 3.8) is 0 Å². The number of carbonyl (C=O) groups excluding carboxylic acids is 2. The first-order valence-corrected chi connectivity index (χ1v) is 12.0. The smallest absolute Gasteiger partial charge is 0.259 e. The van der Waals surface area contributed by atoms with Gasteiger partial charge in [-0.15, -0.1) is 0 Å². The minimum absolute atomic E-state index is 0. The highest BCUT2D eigenvalue weighted by Crippen LogP contribution is 2.39. The number of ether oxygens (including phenoxy) is 1. The number of para-hydroxylation sites is 2. The number of hydrogen-bond acceptors (Lipinski definition) is 4. The number of hydrogen-bond donors (Lipinski definition) is 1. The Bertz CT molecular complexity index is 1510. The Balaban J connectivity index is 0.00000267. The first-order chi connectivity index (χ1) is 17.0. The van der Waals surface area contributed by atoms with E-state index in [1.807, 2.05) is 48.8 Å². The normalized spacial score (nSPS) is 18.9. The SMILES string of the molecule is CN(C)C[C@@H]1CCn2cc(c3ccccc32)C2=C(C(=O)NC2=O)c2cn(c3ccccc23)CCO1.[HH]. The lowest BCUT2D eigenvalue weighted by atomic mass is 9.95. The molecule has 4 heterocycles. The Morgan fingerprint density at radius 3 is 2.00 bits per heavy atom. The van der Waals surface area contributed by atoms with Crippen LogP contribution in [0.3, 0.4) is 0 Å². The number of aryl methyl sites for hydroxylation is 1. The summed E-state index contributed by atoms with van der Waals surface area (Å²) >= 11 is 0. The van der Waals surface area contributed by atoms with Gasteiger partial charge >= 0.3 is 0 Å². The Labute approximate surface area is 205 Å². The lowest BCUT2D eigenvalue weighted by Crippen LogP contribution is -2.30. The van der Waals surface area contributed by atoms with Crippen LogP contribution in [0.4, 0.5) is 0 Å². The summed E-state index contributed by atoms with van der Waals surface area (Å²) in [5.41, 5.74) is 4.52. The average Bonchev–Trinajstić information content (AvgIpc) is 3.47. The highest BCUT2D eigenvalue weighted by Gasteiger charge is 2.35. The Hall–Kier alpha value is -3.68. The number of nitrogens with one attached hydrogen (secondary N) is 1. The quantitative estimate of drug-likeness (QED) is 0.453. The molecular formula is C28H30N4O3. The van der Waals surface area contributed by atoms with Crippen LogP contribution in [0.1, 0.15) is 19.0 Å². The molecule has 2 amide bonds. The second-order valence-electron chi connectivity index (χ2n) is 9.58. The third-order valence-corrected chi connectivity index (χ3v) is 6.99. The molecule has 35 heavy (non-hydrogen) atoms.